The third kappa shape index (κ3) is 2.74. The second-order valence-electron chi connectivity index (χ2n) is 4.57. The molecule has 1 fully saturated rings. The van der Waals surface area contributed by atoms with Crippen LogP contribution in [0.1, 0.15) is 6.92 Å². The molecule has 0 spiro atoms. The number of hydrogen-bond donors (Lipinski definition) is 0. The Morgan fingerprint density at radius 2 is 2.38 bits per heavy atom. The maximum absolute atomic E-state index is 12.0. The number of halogens is 1. The summed E-state index contributed by atoms with van der Waals surface area (Å²) < 4.78 is 10.1. The first kappa shape index (κ1) is 15.4. The third-order valence-electron chi connectivity index (χ3n) is 3.24. The van der Waals surface area contributed by atoms with Gasteiger partial charge in [-0.2, -0.15) is 4.98 Å². The molecule has 114 valence electrons. The van der Waals surface area contributed by atoms with E-state index < -0.39 is 16.4 Å². The van der Waals surface area contributed by atoms with Gasteiger partial charge < -0.3 is 14.4 Å². The van der Waals surface area contributed by atoms with Gasteiger partial charge >= 0.3 is 11.7 Å². The number of nitrogens with zero attached hydrogens (tertiary/aromatic N) is 4. The molecule has 1 saturated heterocycles. The van der Waals surface area contributed by atoms with Crippen LogP contribution in [0, 0.1) is 10.1 Å². The molecule has 2 heterocycles. The van der Waals surface area contributed by atoms with E-state index in [1.54, 1.807) is 6.92 Å². The van der Waals surface area contributed by atoms with Gasteiger partial charge in [-0.3, -0.25) is 10.1 Å². The molecule has 0 amide bonds. The largest absolute Gasteiger partial charge is 0.467 e. The minimum absolute atomic E-state index is 0.0262. The topological polar surface area (TPSA) is 108 Å². The van der Waals surface area contributed by atoms with E-state index in [4.69, 9.17) is 21.1 Å². The van der Waals surface area contributed by atoms with Crippen molar-refractivity contribution < 1.29 is 19.2 Å². The molecule has 21 heavy (non-hydrogen) atoms. The Labute approximate surface area is 125 Å². The van der Waals surface area contributed by atoms with Crippen LogP contribution in [0.25, 0.3) is 0 Å². The fourth-order valence-corrected chi connectivity index (χ4v) is 2.28. The molecule has 0 N–H and O–H groups in total. The number of rotatable bonds is 3. The molecular formula is C11H13ClN4O5. The van der Waals surface area contributed by atoms with Crippen LogP contribution in [-0.2, 0) is 14.3 Å². The molecule has 9 nitrogen and oxygen atoms in total. The second kappa shape index (κ2) is 5.78. The number of morpholine rings is 1. The Morgan fingerprint density at radius 3 is 3.00 bits per heavy atom. The maximum Gasteiger partial charge on any atom is 0.333 e. The molecule has 1 aromatic rings. The number of methoxy groups -OCH3 is 1. The number of carbonyl (C=O) groups excluding carboxylic acids is 1. The zero-order valence-corrected chi connectivity index (χ0v) is 12.2. The summed E-state index contributed by atoms with van der Waals surface area (Å²) in [5.74, 6) is -0.609. The average molecular weight is 317 g/mol. The first-order valence-electron chi connectivity index (χ1n) is 6.01. The van der Waals surface area contributed by atoms with Crippen molar-refractivity contribution in [3.8, 4) is 0 Å². The second-order valence-corrected chi connectivity index (χ2v) is 4.91. The highest BCUT2D eigenvalue weighted by atomic mass is 35.5. The number of carbonyl (C=O) groups is 1. The van der Waals surface area contributed by atoms with E-state index in [-0.39, 0.29) is 29.9 Å². The molecule has 0 saturated carbocycles. The van der Waals surface area contributed by atoms with Crippen molar-refractivity contribution in [1.82, 2.24) is 9.97 Å². The molecule has 1 aromatic heterocycles. The predicted molar refractivity (Wildman–Crippen MR) is 72.3 cm³/mol. The Kier molecular flexibility index (Phi) is 4.24. The summed E-state index contributed by atoms with van der Waals surface area (Å²) >= 11 is 5.73. The van der Waals surface area contributed by atoms with Gasteiger partial charge in [-0.1, -0.05) is 0 Å². The molecule has 1 unspecified atom stereocenters. The number of aromatic nitrogens is 2. The van der Waals surface area contributed by atoms with Gasteiger partial charge in [0.1, 0.15) is 6.20 Å². The van der Waals surface area contributed by atoms with Gasteiger partial charge in [0.05, 0.1) is 25.2 Å². The van der Waals surface area contributed by atoms with E-state index >= 15 is 0 Å². The Morgan fingerprint density at radius 1 is 1.67 bits per heavy atom. The van der Waals surface area contributed by atoms with Gasteiger partial charge in [-0.05, 0) is 18.5 Å². The lowest BCUT2D eigenvalue weighted by molar-refractivity contribution is -0.384. The lowest BCUT2D eigenvalue weighted by atomic mass is 9.99. The standard InChI is InChI=1S/C11H13ClN4O5/c1-11(9(17)20-2)6-21-4-3-15(11)8-7(16(18)19)5-13-10(12)14-8/h5H,3-4,6H2,1-2H3. The van der Waals surface area contributed by atoms with Crippen LogP contribution in [0.3, 0.4) is 0 Å². The van der Waals surface area contributed by atoms with Gasteiger partial charge in [-0.25, -0.2) is 9.78 Å². The van der Waals surface area contributed by atoms with E-state index in [0.717, 1.165) is 6.20 Å². The van der Waals surface area contributed by atoms with E-state index in [2.05, 4.69) is 9.97 Å². The SMILES string of the molecule is COC(=O)C1(C)COCCN1c1nc(Cl)ncc1[N+](=O)[O-]. The quantitative estimate of drug-likeness (QED) is 0.349. The van der Waals surface area contributed by atoms with Gasteiger partial charge in [0.2, 0.25) is 11.1 Å². The van der Waals surface area contributed by atoms with Crippen LogP contribution in [0.15, 0.2) is 6.20 Å². The highest BCUT2D eigenvalue weighted by molar-refractivity contribution is 6.28. The third-order valence-corrected chi connectivity index (χ3v) is 3.42. The van der Waals surface area contributed by atoms with E-state index in [1.165, 1.54) is 12.0 Å². The molecule has 1 atom stereocenters. The zero-order valence-electron chi connectivity index (χ0n) is 11.4. The summed E-state index contributed by atoms with van der Waals surface area (Å²) in [6, 6.07) is 0. The highest BCUT2D eigenvalue weighted by Gasteiger charge is 2.46. The van der Waals surface area contributed by atoms with Crippen LogP contribution < -0.4 is 4.90 Å². The van der Waals surface area contributed by atoms with Gasteiger partial charge in [-0.15, -0.1) is 0 Å². The van der Waals surface area contributed by atoms with Crippen LogP contribution in [-0.4, -0.2) is 53.3 Å². The highest BCUT2D eigenvalue weighted by Crippen LogP contribution is 2.33. The molecule has 0 radical (unpaired) electrons. The van der Waals surface area contributed by atoms with E-state index in [1.807, 2.05) is 0 Å². The molecule has 0 bridgehead atoms. The fraction of sp³-hybridized carbons (Fsp3) is 0.545. The van der Waals surface area contributed by atoms with Crippen molar-refractivity contribution >= 4 is 29.1 Å². The monoisotopic (exact) mass is 316 g/mol. The molecule has 1 aliphatic heterocycles. The van der Waals surface area contributed by atoms with Gasteiger partial charge in [0, 0.05) is 6.54 Å². The van der Waals surface area contributed by atoms with E-state index in [9.17, 15) is 14.9 Å². The van der Waals surface area contributed by atoms with Crippen molar-refractivity contribution in [1.29, 1.82) is 0 Å². The summed E-state index contributed by atoms with van der Waals surface area (Å²) in [5, 5.41) is 11.0. The van der Waals surface area contributed by atoms with Crippen LogP contribution in [0.5, 0.6) is 0 Å². The van der Waals surface area contributed by atoms with Crippen molar-refractivity contribution in [3.63, 3.8) is 0 Å². The maximum atomic E-state index is 12.0. The van der Waals surface area contributed by atoms with Crippen molar-refractivity contribution in [3.05, 3.63) is 21.6 Å². The Bertz CT molecular complexity index is 584. The molecular weight excluding hydrogens is 304 g/mol. The molecule has 2 rings (SSSR count). The van der Waals surface area contributed by atoms with Gasteiger partial charge in [0.15, 0.2) is 5.54 Å². The number of anilines is 1. The fourth-order valence-electron chi connectivity index (χ4n) is 2.15. The summed E-state index contributed by atoms with van der Waals surface area (Å²) in [7, 11) is 1.24. The first-order chi connectivity index (χ1) is 9.90. The minimum Gasteiger partial charge on any atom is -0.467 e. The van der Waals surface area contributed by atoms with E-state index in [0.29, 0.717) is 6.61 Å². The molecule has 10 heteroatoms. The lowest BCUT2D eigenvalue weighted by Crippen LogP contribution is -2.61. The zero-order chi connectivity index (χ0) is 15.6. The molecule has 1 aliphatic rings. The molecule has 0 aromatic carbocycles. The Balaban J connectivity index is 2.54. The smallest absolute Gasteiger partial charge is 0.333 e. The number of hydrogen-bond acceptors (Lipinski definition) is 8. The normalized spacial score (nSPS) is 22.0. The van der Waals surface area contributed by atoms with Crippen LogP contribution >= 0.6 is 11.6 Å². The Hall–Kier alpha value is -2.00. The predicted octanol–water partition coefficient (Wildman–Crippen LogP) is 0.806. The molecule has 0 aliphatic carbocycles. The van der Waals surface area contributed by atoms with Crippen LogP contribution in [0.4, 0.5) is 11.5 Å². The summed E-state index contributed by atoms with van der Waals surface area (Å²) in [6.45, 7) is 2.13. The minimum atomic E-state index is -1.23. The van der Waals surface area contributed by atoms with Crippen molar-refractivity contribution in [2.75, 3.05) is 31.8 Å². The van der Waals surface area contributed by atoms with Crippen LogP contribution in [0.2, 0.25) is 5.28 Å². The summed E-state index contributed by atoms with van der Waals surface area (Å²) in [5.41, 5.74) is -1.56. The first-order valence-corrected chi connectivity index (χ1v) is 6.38. The summed E-state index contributed by atoms with van der Waals surface area (Å²) in [6.07, 6.45) is 1.01. The lowest BCUT2D eigenvalue weighted by Gasteiger charge is -2.42. The summed E-state index contributed by atoms with van der Waals surface area (Å²) in [4.78, 5) is 31.5. The van der Waals surface area contributed by atoms with Gasteiger partial charge in [0.25, 0.3) is 0 Å². The average Bonchev–Trinajstić information content (AvgIpc) is 2.46. The number of ether oxygens (including phenoxy) is 2. The number of nitro groups is 1. The van der Waals surface area contributed by atoms with Crippen molar-refractivity contribution in [2.45, 2.75) is 12.5 Å². The van der Waals surface area contributed by atoms with Crippen molar-refractivity contribution in [2.24, 2.45) is 0 Å². The number of esters is 1.